The van der Waals surface area contributed by atoms with E-state index in [1.165, 1.54) is 12.1 Å². The highest BCUT2D eigenvalue weighted by atomic mass is 127. The van der Waals surface area contributed by atoms with Gasteiger partial charge in [0.15, 0.2) is 23.1 Å². The normalized spacial score (nSPS) is 17.5. The Kier molecular flexibility index (Phi) is 9.08. The molecule has 2 aliphatic carbocycles. The maximum absolute atomic E-state index is 13.6. The van der Waals surface area contributed by atoms with Crippen LogP contribution in [-0.2, 0) is 20.9 Å². The van der Waals surface area contributed by atoms with Crippen molar-refractivity contribution in [2.75, 3.05) is 26.9 Å². The highest BCUT2D eigenvalue weighted by molar-refractivity contribution is 14.1. The van der Waals surface area contributed by atoms with Gasteiger partial charge in [0.25, 0.3) is 5.69 Å². The molecule has 0 atom stereocenters. The van der Waals surface area contributed by atoms with Gasteiger partial charge in [0.1, 0.15) is 6.61 Å². The van der Waals surface area contributed by atoms with E-state index >= 15 is 0 Å². The zero-order valence-corrected chi connectivity index (χ0v) is 25.4. The summed E-state index contributed by atoms with van der Waals surface area (Å²) in [5.74, 6) is 0.829. The van der Waals surface area contributed by atoms with Crippen LogP contribution in [0.25, 0.3) is 0 Å². The number of halogens is 1. The number of ether oxygens (including phenoxy) is 3. The molecule has 0 N–H and O–H groups in total. The third-order valence-corrected chi connectivity index (χ3v) is 8.60. The third-order valence-electron chi connectivity index (χ3n) is 7.80. The van der Waals surface area contributed by atoms with Gasteiger partial charge in [-0.15, -0.1) is 0 Å². The molecule has 10 heteroatoms. The predicted molar refractivity (Wildman–Crippen MR) is 161 cm³/mol. The van der Waals surface area contributed by atoms with Crippen molar-refractivity contribution in [2.45, 2.75) is 58.0 Å². The minimum absolute atomic E-state index is 0.0211. The third kappa shape index (κ3) is 5.90. The number of carbonyl (C=O) groups excluding carboxylic acids is 2. The SMILES string of the molecule is CCOc1cc(C2C3=C(CCCC3=O)N(CCOC)C3=C2C(=O)CCC3)cc(I)c1OCc1ccc([N+](=O)[O-])cc1. The summed E-state index contributed by atoms with van der Waals surface area (Å²) in [5.41, 5.74) is 5.13. The van der Waals surface area contributed by atoms with E-state index in [9.17, 15) is 19.7 Å². The zero-order valence-electron chi connectivity index (χ0n) is 23.2. The zero-order chi connectivity index (χ0) is 29.1. The number of nitrogens with zero attached hydrogens (tertiary/aromatic N) is 2. The molecule has 0 aromatic heterocycles. The number of hydrogen-bond acceptors (Lipinski definition) is 8. The quantitative estimate of drug-likeness (QED) is 0.166. The molecule has 0 saturated carbocycles. The van der Waals surface area contributed by atoms with Gasteiger partial charge in [0.05, 0.1) is 21.7 Å². The molecule has 1 aliphatic heterocycles. The second-order valence-corrected chi connectivity index (χ2v) is 11.5. The van der Waals surface area contributed by atoms with Crippen LogP contribution in [0.15, 0.2) is 58.9 Å². The Morgan fingerprint density at radius 1 is 0.976 bits per heavy atom. The van der Waals surface area contributed by atoms with Gasteiger partial charge in [-0.25, -0.2) is 0 Å². The molecule has 0 unspecified atom stereocenters. The van der Waals surface area contributed by atoms with Crippen LogP contribution in [0.1, 0.15) is 62.5 Å². The molecule has 0 fully saturated rings. The molecule has 0 bridgehead atoms. The van der Waals surface area contributed by atoms with Crippen molar-refractivity contribution in [3.05, 3.63) is 83.7 Å². The molecule has 0 spiro atoms. The number of rotatable bonds is 10. The number of nitro groups is 1. The van der Waals surface area contributed by atoms with Crippen LogP contribution >= 0.6 is 22.6 Å². The Bertz CT molecular complexity index is 1390. The van der Waals surface area contributed by atoms with Crippen molar-refractivity contribution in [1.29, 1.82) is 0 Å². The van der Waals surface area contributed by atoms with Gasteiger partial charge in [-0.3, -0.25) is 19.7 Å². The Balaban J connectivity index is 1.56. The lowest BCUT2D eigenvalue weighted by Gasteiger charge is -2.44. The van der Waals surface area contributed by atoms with Crippen molar-refractivity contribution >= 4 is 39.8 Å². The Morgan fingerprint density at radius 2 is 1.61 bits per heavy atom. The number of Topliss-reactive ketones (excluding diaryl/α,β-unsaturated/α-hetero) is 2. The Labute approximate surface area is 252 Å². The first-order chi connectivity index (χ1) is 19.8. The van der Waals surface area contributed by atoms with Crippen molar-refractivity contribution in [3.8, 4) is 11.5 Å². The molecule has 0 saturated heterocycles. The van der Waals surface area contributed by atoms with E-state index in [1.54, 1.807) is 19.2 Å². The summed E-state index contributed by atoms with van der Waals surface area (Å²) in [6.45, 7) is 3.62. The average Bonchev–Trinajstić information content (AvgIpc) is 2.95. The molecule has 3 aliphatic rings. The van der Waals surface area contributed by atoms with E-state index in [-0.39, 0.29) is 23.9 Å². The summed E-state index contributed by atoms with van der Waals surface area (Å²) in [5, 5.41) is 11.0. The molecule has 0 amide bonds. The van der Waals surface area contributed by atoms with Crippen molar-refractivity contribution in [3.63, 3.8) is 0 Å². The lowest BCUT2D eigenvalue weighted by molar-refractivity contribution is -0.384. The molecule has 1 heterocycles. The van der Waals surface area contributed by atoms with Crippen LogP contribution in [0.3, 0.4) is 0 Å². The fourth-order valence-electron chi connectivity index (χ4n) is 6.03. The van der Waals surface area contributed by atoms with Crippen LogP contribution in [0, 0.1) is 13.7 Å². The number of methoxy groups -OCH3 is 1. The smallest absolute Gasteiger partial charge is 0.269 e. The predicted octanol–water partition coefficient (Wildman–Crippen LogP) is 6.24. The fourth-order valence-corrected chi connectivity index (χ4v) is 6.81. The van der Waals surface area contributed by atoms with Crippen molar-refractivity contribution in [1.82, 2.24) is 4.90 Å². The maximum atomic E-state index is 13.6. The minimum atomic E-state index is -0.448. The minimum Gasteiger partial charge on any atom is -0.490 e. The first-order valence-electron chi connectivity index (χ1n) is 13.9. The number of benzene rings is 2. The second-order valence-electron chi connectivity index (χ2n) is 10.3. The van der Waals surface area contributed by atoms with Crippen LogP contribution in [0.5, 0.6) is 11.5 Å². The molecule has 2 aromatic rings. The number of carbonyl (C=O) groups is 2. The van der Waals surface area contributed by atoms with Gasteiger partial charge >= 0.3 is 0 Å². The van der Waals surface area contributed by atoms with E-state index in [0.29, 0.717) is 44.1 Å². The number of allylic oxidation sites excluding steroid dienone is 4. The molecule has 9 nitrogen and oxygen atoms in total. The number of nitro benzene ring substituents is 1. The van der Waals surface area contributed by atoms with Gasteiger partial charge in [-0.2, -0.15) is 0 Å². The van der Waals surface area contributed by atoms with Crippen molar-refractivity contribution < 1.29 is 28.7 Å². The summed E-state index contributed by atoms with van der Waals surface area (Å²) in [6, 6.07) is 10.1. The van der Waals surface area contributed by atoms with Crippen LogP contribution in [0.2, 0.25) is 0 Å². The topological polar surface area (TPSA) is 108 Å². The van der Waals surface area contributed by atoms with Gasteiger partial charge in [0, 0.05) is 67.1 Å². The number of hydrogen-bond donors (Lipinski definition) is 0. The second kappa shape index (κ2) is 12.7. The summed E-state index contributed by atoms with van der Waals surface area (Å²) in [4.78, 5) is 39.9. The average molecular weight is 673 g/mol. The van der Waals surface area contributed by atoms with E-state index in [4.69, 9.17) is 14.2 Å². The van der Waals surface area contributed by atoms with Gasteiger partial charge in [-0.05, 0) is 90.6 Å². The highest BCUT2D eigenvalue weighted by Gasteiger charge is 2.43. The first kappa shape index (κ1) is 29.2. The summed E-state index contributed by atoms with van der Waals surface area (Å²) in [6.07, 6.45) is 4.10. The largest absolute Gasteiger partial charge is 0.490 e. The molecule has 216 valence electrons. The lowest BCUT2D eigenvalue weighted by atomic mass is 9.71. The van der Waals surface area contributed by atoms with E-state index in [1.807, 2.05) is 19.1 Å². The van der Waals surface area contributed by atoms with Gasteiger partial charge in [0.2, 0.25) is 0 Å². The van der Waals surface area contributed by atoms with E-state index in [2.05, 4.69) is 27.5 Å². The Morgan fingerprint density at radius 3 is 2.17 bits per heavy atom. The summed E-state index contributed by atoms with van der Waals surface area (Å²) in [7, 11) is 1.66. The number of ketones is 2. The summed E-state index contributed by atoms with van der Waals surface area (Å²) >= 11 is 2.21. The maximum Gasteiger partial charge on any atom is 0.269 e. The molecule has 2 aromatic carbocycles. The summed E-state index contributed by atoms with van der Waals surface area (Å²) < 4.78 is 18.4. The van der Waals surface area contributed by atoms with Crippen molar-refractivity contribution in [2.24, 2.45) is 0 Å². The molecule has 5 rings (SSSR count). The Hall–Kier alpha value is -3.25. The van der Waals surface area contributed by atoms with Crippen LogP contribution in [0.4, 0.5) is 5.69 Å². The molecule has 41 heavy (non-hydrogen) atoms. The molecular weight excluding hydrogens is 639 g/mol. The number of non-ortho nitro benzene ring substituents is 1. The lowest BCUT2D eigenvalue weighted by Crippen LogP contribution is -2.40. The molecular formula is C31H33IN2O7. The van der Waals surface area contributed by atoms with Gasteiger partial charge in [-0.1, -0.05) is 0 Å². The standard InChI is InChI=1S/C31H33IN2O7/c1-3-40-27-17-20(16-22(32)31(27)41-18-19-10-12-21(13-11-19)34(37)38)28-29-23(6-4-8-25(29)35)33(14-15-39-2)24-7-5-9-26(36)30(24)28/h10-13,16-17,28H,3-9,14-15,18H2,1-2H3. The van der Waals surface area contributed by atoms with Crippen LogP contribution in [-0.4, -0.2) is 48.3 Å². The first-order valence-corrected chi connectivity index (χ1v) is 15.0. The highest BCUT2D eigenvalue weighted by Crippen LogP contribution is 2.50. The van der Waals surface area contributed by atoms with E-state index in [0.717, 1.165) is 62.9 Å². The monoisotopic (exact) mass is 672 g/mol. The van der Waals surface area contributed by atoms with Gasteiger partial charge < -0.3 is 19.1 Å². The molecule has 0 radical (unpaired) electrons. The van der Waals surface area contributed by atoms with Crippen LogP contribution < -0.4 is 9.47 Å². The van der Waals surface area contributed by atoms with E-state index < -0.39 is 10.8 Å². The fraction of sp³-hybridized carbons (Fsp3) is 0.419.